The number of hydrogen-bond acceptors (Lipinski definition) is 4. The van der Waals surface area contributed by atoms with E-state index in [0.29, 0.717) is 6.04 Å². The molecule has 4 nitrogen and oxygen atoms in total. The molecule has 0 aromatic heterocycles. The van der Waals surface area contributed by atoms with Crippen LogP contribution in [0.1, 0.15) is 19.3 Å². The van der Waals surface area contributed by atoms with Gasteiger partial charge >= 0.3 is 0 Å². The normalized spacial score (nSPS) is 23.2. The molecule has 0 spiro atoms. The maximum atomic E-state index is 8.74. The van der Waals surface area contributed by atoms with Gasteiger partial charge in [0.1, 0.15) is 0 Å². The van der Waals surface area contributed by atoms with E-state index in [1.165, 1.54) is 19.4 Å². The van der Waals surface area contributed by atoms with Crippen LogP contribution in [0.3, 0.4) is 0 Å². The summed E-state index contributed by atoms with van der Waals surface area (Å²) >= 11 is 0. The topological polar surface area (TPSA) is 44.7 Å². The van der Waals surface area contributed by atoms with E-state index < -0.39 is 0 Å². The van der Waals surface area contributed by atoms with Crippen LogP contribution in [0.2, 0.25) is 0 Å². The molecule has 0 bridgehead atoms. The minimum absolute atomic E-state index is 0.236. The second-order valence-electron chi connectivity index (χ2n) is 4.16. The summed E-state index contributed by atoms with van der Waals surface area (Å²) in [7, 11) is 1.75. The summed E-state index contributed by atoms with van der Waals surface area (Å²) < 4.78 is 5.05. The van der Waals surface area contributed by atoms with Crippen molar-refractivity contribution in [3.63, 3.8) is 0 Å². The summed E-state index contributed by atoms with van der Waals surface area (Å²) in [4.78, 5) is 2.48. The minimum Gasteiger partial charge on any atom is -0.395 e. The number of nitrogens with zero attached hydrogens (tertiary/aromatic N) is 1. The van der Waals surface area contributed by atoms with Crippen LogP contribution in [0, 0.1) is 0 Å². The fourth-order valence-corrected chi connectivity index (χ4v) is 2.13. The second kappa shape index (κ2) is 8.05. The van der Waals surface area contributed by atoms with Gasteiger partial charge in [-0.05, 0) is 25.8 Å². The Morgan fingerprint density at radius 3 is 3.13 bits per heavy atom. The van der Waals surface area contributed by atoms with Crippen molar-refractivity contribution < 1.29 is 9.84 Å². The average molecular weight is 216 g/mol. The summed E-state index contributed by atoms with van der Waals surface area (Å²) in [6.45, 7) is 5.26. The molecule has 0 radical (unpaired) electrons. The smallest absolute Gasteiger partial charge is 0.0556 e. The van der Waals surface area contributed by atoms with Gasteiger partial charge in [-0.1, -0.05) is 0 Å². The van der Waals surface area contributed by atoms with Crippen molar-refractivity contribution >= 4 is 0 Å². The predicted molar refractivity (Wildman–Crippen MR) is 61.0 cm³/mol. The molecule has 1 heterocycles. The third-order valence-electron chi connectivity index (χ3n) is 2.87. The maximum Gasteiger partial charge on any atom is 0.0556 e. The highest BCUT2D eigenvalue weighted by Gasteiger charge is 2.18. The fourth-order valence-electron chi connectivity index (χ4n) is 2.13. The number of aliphatic hydroxyl groups excluding tert-OH is 1. The van der Waals surface area contributed by atoms with Crippen LogP contribution in [0.25, 0.3) is 0 Å². The van der Waals surface area contributed by atoms with Crippen LogP contribution in [-0.4, -0.2) is 62.6 Å². The van der Waals surface area contributed by atoms with Crippen LogP contribution in [0.5, 0.6) is 0 Å². The Labute approximate surface area is 92.6 Å². The zero-order valence-electron chi connectivity index (χ0n) is 9.74. The second-order valence-corrected chi connectivity index (χ2v) is 4.16. The van der Waals surface area contributed by atoms with Gasteiger partial charge in [-0.15, -0.1) is 0 Å². The zero-order chi connectivity index (χ0) is 10.9. The number of likely N-dealkylation sites (tertiary alicyclic amines) is 1. The molecule has 0 aliphatic carbocycles. The van der Waals surface area contributed by atoms with Gasteiger partial charge in [0.05, 0.1) is 6.61 Å². The first-order valence-electron chi connectivity index (χ1n) is 5.92. The third-order valence-corrected chi connectivity index (χ3v) is 2.87. The Morgan fingerprint density at radius 1 is 1.53 bits per heavy atom. The first-order valence-corrected chi connectivity index (χ1v) is 5.92. The molecule has 1 atom stereocenters. The zero-order valence-corrected chi connectivity index (χ0v) is 9.74. The first-order chi connectivity index (χ1) is 7.36. The van der Waals surface area contributed by atoms with Gasteiger partial charge in [-0.3, -0.25) is 0 Å². The molecule has 1 fully saturated rings. The largest absolute Gasteiger partial charge is 0.395 e. The van der Waals surface area contributed by atoms with Gasteiger partial charge < -0.3 is 20.1 Å². The van der Waals surface area contributed by atoms with Gasteiger partial charge in [0.15, 0.2) is 0 Å². The van der Waals surface area contributed by atoms with Crippen LogP contribution in [-0.2, 0) is 4.74 Å². The summed E-state index contributed by atoms with van der Waals surface area (Å²) in [5.74, 6) is 0. The Morgan fingerprint density at radius 2 is 2.40 bits per heavy atom. The number of ether oxygens (including phenoxy) is 1. The summed E-state index contributed by atoms with van der Waals surface area (Å²) in [6.07, 6.45) is 3.61. The fraction of sp³-hybridized carbons (Fsp3) is 1.00. The standard InChI is InChI=1S/C11H24N2O2/c1-15-9-3-7-13-6-2-4-11(10-13)12-5-8-14/h11-12,14H,2-10H2,1H3. The van der Waals surface area contributed by atoms with Crippen molar-refractivity contribution in [2.45, 2.75) is 25.3 Å². The molecule has 0 aromatic carbocycles. The van der Waals surface area contributed by atoms with Gasteiger partial charge in [0.2, 0.25) is 0 Å². The lowest BCUT2D eigenvalue weighted by Gasteiger charge is -2.33. The van der Waals surface area contributed by atoms with E-state index in [0.717, 1.165) is 32.7 Å². The summed E-state index contributed by atoms with van der Waals surface area (Å²) in [5.41, 5.74) is 0. The van der Waals surface area contributed by atoms with E-state index in [2.05, 4.69) is 10.2 Å². The SMILES string of the molecule is COCCCN1CCCC(NCCO)C1. The molecule has 1 aliphatic heterocycles. The van der Waals surface area contributed by atoms with Crippen LogP contribution in [0.4, 0.5) is 0 Å². The number of aliphatic hydroxyl groups is 1. The Kier molecular flexibility index (Phi) is 6.92. The number of rotatable bonds is 7. The molecule has 2 N–H and O–H groups in total. The molecule has 90 valence electrons. The highest BCUT2D eigenvalue weighted by Crippen LogP contribution is 2.10. The Balaban J connectivity index is 2.11. The van der Waals surface area contributed by atoms with E-state index >= 15 is 0 Å². The van der Waals surface area contributed by atoms with Crippen LogP contribution in [0.15, 0.2) is 0 Å². The Bertz CT molecular complexity index is 156. The number of piperidine rings is 1. The quantitative estimate of drug-likeness (QED) is 0.591. The molecule has 0 amide bonds. The molecule has 1 aliphatic rings. The maximum absolute atomic E-state index is 8.74. The van der Waals surface area contributed by atoms with Gasteiger partial charge in [-0.25, -0.2) is 0 Å². The van der Waals surface area contributed by atoms with Crippen molar-refractivity contribution in [2.75, 3.05) is 46.5 Å². The molecular weight excluding hydrogens is 192 g/mol. The molecule has 1 unspecified atom stereocenters. The van der Waals surface area contributed by atoms with Crippen LogP contribution < -0.4 is 5.32 Å². The van der Waals surface area contributed by atoms with Gasteiger partial charge in [0.25, 0.3) is 0 Å². The summed E-state index contributed by atoms with van der Waals surface area (Å²) in [5, 5.41) is 12.1. The lowest BCUT2D eigenvalue weighted by atomic mass is 10.1. The van der Waals surface area contributed by atoms with Gasteiger partial charge in [-0.2, -0.15) is 0 Å². The van der Waals surface area contributed by atoms with Gasteiger partial charge in [0, 0.05) is 39.4 Å². The molecule has 15 heavy (non-hydrogen) atoms. The van der Waals surface area contributed by atoms with Crippen molar-refractivity contribution in [1.82, 2.24) is 10.2 Å². The molecule has 0 saturated carbocycles. The lowest BCUT2D eigenvalue weighted by molar-refractivity contribution is 0.147. The molecule has 1 rings (SSSR count). The predicted octanol–water partition coefficient (Wildman–Crippen LogP) is 0.0692. The number of nitrogens with one attached hydrogen (secondary N) is 1. The average Bonchev–Trinajstić information content (AvgIpc) is 2.27. The third kappa shape index (κ3) is 5.47. The Hall–Kier alpha value is -0.160. The van der Waals surface area contributed by atoms with Crippen molar-refractivity contribution in [3.8, 4) is 0 Å². The van der Waals surface area contributed by atoms with E-state index in [1.54, 1.807) is 7.11 Å². The van der Waals surface area contributed by atoms with Crippen molar-refractivity contribution in [2.24, 2.45) is 0 Å². The molecule has 0 aromatic rings. The first kappa shape index (κ1) is 12.9. The van der Waals surface area contributed by atoms with Crippen molar-refractivity contribution in [1.29, 1.82) is 0 Å². The number of hydrogen-bond donors (Lipinski definition) is 2. The van der Waals surface area contributed by atoms with Crippen molar-refractivity contribution in [3.05, 3.63) is 0 Å². The molecule has 4 heteroatoms. The molecule has 1 saturated heterocycles. The minimum atomic E-state index is 0.236. The van der Waals surface area contributed by atoms with E-state index in [1.807, 2.05) is 0 Å². The van der Waals surface area contributed by atoms with E-state index in [-0.39, 0.29) is 6.61 Å². The van der Waals surface area contributed by atoms with E-state index in [4.69, 9.17) is 9.84 Å². The van der Waals surface area contributed by atoms with Crippen LogP contribution >= 0.6 is 0 Å². The lowest BCUT2D eigenvalue weighted by Crippen LogP contribution is -2.46. The molecular formula is C11H24N2O2. The number of methoxy groups -OCH3 is 1. The monoisotopic (exact) mass is 216 g/mol. The highest BCUT2D eigenvalue weighted by molar-refractivity contribution is 4.77. The highest BCUT2D eigenvalue weighted by atomic mass is 16.5. The van der Waals surface area contributed by atoms with E-state index in [9.17, 15) is 0 Å². The summed E-state index contributed by atoms with van der Waals surface area (Å²) in [6, 6.07) is 0.563.